The Labute approximate surface area is 388 Å². The van der Waals surface area contributed by atoms with Gasteiger partial charge in [-0.3, -0.25) is 19.9 Å². The number of pyridine rings is 4. The van der Waals surface area contributed by atoms with E-state index < -0.39 is 0 Å². The second-order valence-corrected chi connectivity index (χ2v) is 16.9. The van der Waals surface area contributed by atoms with Crippen LogP contribution in [0.2, 0.25) is 0 Å². The van der Waals surface area contributed by atoms with E-state index in [1.54, 1.807) is 0 Å². The van der Waals surface area contributed by atoms with Crippen LogP contribution in [-0.2, 0) is 6.42 Å². The van der Waals surface area contributed by atoms with Gasteiger partial charge in [0, 0.05) is 58.8 Å². The molecule has 6 aromatic heterocycles. The molecule has 13 rings (SSSR count). The Balaban J connectivity index is 0.00000113. The monoisotopic (exact) mass is 860 g/mol. The number of hydrogen-bond donors (Lipinski definition) is 0. The normalized spacial score (nSPS) is 11.7. The smallest absolute Gasteiger partial charge is 0.0963 e. The van der Waals surface area contributed by atoms with E-state index >= 15 is 0 Å². The molecule has 0 amide bonds. The lowest BCUT2D eigenvalue weighted by Gasteiger charge is -2.14. The fourth-order valence-electron chi connectivity index (χ4n) is 10.0. The second kappa shape index (κ2) is 16.7. The molecule has 1 aliphatic carbocycles. The first-order valence-corrected chi connectivity index (χ1v) is 22.9. The standard InChI is InChI=1S/C57H36N6.C4H8/c1-3-14-43(49-17-5-7-28-58-49)40(12-1)36-23-26-52-47(33-36)56-54(20-10-30-60-56)62(52)39-25-22-38-32-46-42(45(38)35-39)16-9-19-51(46)63-53-27-24-37(34-48(53)57-55(63)21-11-31-61-57)41-13-2-4-15-44(41)50-18-6-8-29-59-50;1-3-4-2/h1-31,33-35H,32H2;3H,1,4H2,2H3. The van der Waals surface area contributed by atoms with Crippen molar-refractivity contribution in [3.63, 3.8) is 0 Å². The van der Waals surface area contributed by atoms with Gasteiger partial charge < -0.3 is 9.13 Å². The van der Waals surface area contributed by atoms with E-state index in [2.05, 4.69) is 173 Å². The van der Waals surface area contributed by atoms with E-state index in [0.29, 0.717) is 0 Å². The summed E-state index contributed by atoms with van der Waals surface area (Å²) in [4.78, 5) is 19.3. The molecule has 6 heteroatoms. The summed E-state index contributed by atoms with van der Waals surface area (Å²) in [6, 6.07) is 64.9. The zero-order chi connectivity index (χ0) is 44.8. The Morgan fingerprint density at radius 1 is 0.448 bits per heavy atom. The van der Waals surface area contributed by atoms with Crippen molar-refractivity contribution in [2.45, 2.75) is 19.8 Å². The quantitative estimate of drug-likeness (QED) is 0.150. The van der Waals surface area contributed by atoms with Crippen LogP contribution in [0.3, 0.4) is 0 Å². The lowest BCUT2D eigenvalue weighted by molar-refractivity contribution is 1.12. The first-order valence-electron chi connectivity index (χ1n) is 22.9. The van der Waals surface area contributed by atoms with Crippen LogP contribution in [0.25, 0.3) is 111 Å². The van der Waals surface area contributed by atoms with Crippen molar-refractivity contribution in [2.24, 2.45) is 0 Å². The summed E-state index contributed by atoms with van der Waals surface area (Å²) in [6.07, 6.45) is 11.3. The van der Waals surface area contributed by atoms with E-state index in [9.17, 15) is 0 Å². The molecule has 67 heavy (non-hydrogen) atoms. The number of nitrogens with zero attached hydrogens (tertiary/aromatic N) is 6. The minimum absolute atomic E-state index is 0.839. The van der Waals surface area contributed by atoms with Crippen LogP contribution in [0.5, 0.6) is 0 Å². The summed E-state index contributed by atoms with van der Waals surface area (Å²) in [6.45, 7) is 5.54. The van der Waals surface area contributed by atoms with Gasteiger partial charge in [-0.2, -0.15) is 0 Å². The maximum Gasteiger partial charge on any atom is 0.0963 e. The van der Waals surface area contributed by atoms with E-state index in [0.717, 1.165) is 107 Å². The van der Waals surface area contributed by atoms with Gasteiger partial charge in [0.15, 0.2) is 0 Å². The molecule has 6 nitrogen and oxygen atoms in total. The van der Waals surface area contributed by atoms with Crippen molar-refractivity contribution in [1.82, 2.24) is 29.1 Å². The van der Waals surface area contributed by atoms with Gasteiger partial charge >= 0.3 is 0 Å². The van der Waals surface area contributed by atoms with Gasteiger partial charge in [0.1, 0.15) is 0 Å². The van der Waals surface area contributed by atoms with Crippen LogP contribution in [0.1, 0.15) is 24.5 Å². The third-order valence-electron chi connectivity index (χ3n) is 13.1. The summed E-state index contributed by atoms with van der Waals surface area (Å²) in [5.74, 6) is 0. The SMILES string of the molecule is C=CCC.c1ccc(-c2ccccc2-c2ccc3c(c2)c2ncccc2n3-c2ccc3c(c2)-c2cccc(-n4c5ccc(-c6ccccc6-c6ccccn6)cc5c5ncccc54)c2C3)nc1. The largest absolute Gasteiger partial charge is 0.308 e. The van der Waals surface area contributed by atoms with Gasteiger partial charge in [-0.05, 0) is 142 Å². The molecule has 318 valence electrons. The summed E-state index contributed by atoms with van der Waals surface area (Å²) in [7, 11) is 0. The van der Waals surface area contributed by atoms with Crippen molar-refractivity contribution in [3.8, 4) is 67.3 Å². The van der Waals surface area contributed by atoms with E-state index in [1.165, 1.54) is 27.9 Å². The summed E-state index contributed by atoms with van der Waals surface area (Å²) in [5, 5.41) is 2.24. The maximum atomic E-state index is 4.99. The van der Waals surface area contributed by atoms with E-state index in [-0.39, 0.29) is 0 Å². The molecule has 0 aliphatic heterocycles. The molecule has 6 aromatic carbocycles. The van der Waals surface area contributed by atoms with E-state index in [1.807, 2.05) is 67.3 Å². The fourth-order valence-corrected chi connectivity index (χ4v) is 10.0. The molecular formula is C61H44N6. The molecule has 0 fully saturated rings. The summed E-state index contributed by atoms with van der Waals surface area (Å²) < 4.78 is 4.79. The Hall–Kier alpha value is -8.74. The summed E-state index contributed by atoms with van der Waals surface area (Å²) >= 11 is 0. The number of aromatic nitrogens is 6. The van der Waals surface area contributed by atoms with Gasteiger partial charge in [0.2, 0.25) is 0 Å². The Bertz CT molecular complexity index is 3840. The second-order valence-electron chi connectivity index (χ2n) is 16.9. The van der Waals surface area contributed by atoms with Crippen molar-refractivity contribution < 1.29 is 0 Å². The average molecular weight is 861 g/mol. The number of fused-ring (bicyclic) bond motifs is 9. The molecule has 6 heterocycles. The summed E-state index contributed by atoms with van der Waals surface area (Å²) in [5.41, 5.74) is 22.5. The van der Waals surface area contributed by atoms with Crippen LogP contribution in [0.15, 0.2) is 219 Å². The molecule has 1 aliphatic rings. The molecule has 0 saturated carbocycles. The van der Waals surface area contributed by atoms with Gasteiger partial charge in [-0.15, -0.1) is 6.58 Å². The van der Waals surface area contributed by atoms with Crippen molar-refractivity contribution in [2.75, 3.05) is 0 Å². The highest BCUT2D eigenvalue weighted by atomic mass is 15.0. The third-order valence-corrected chi connectivity index (χ3v) is 13.1. The lowest BCUT2D eigenvalue weighted by Crippen LogP contribution is -1.99. The fraction of sp³-hybridized carbons (Fsp3) is 0.0492. The molecular weight excluding hydrogens is 817 g/mol. The number of allylic oxidation sites excluding steroid dienone is 1. The third kappa shape index (κ3) is 6.72. The lowest BCUT2D eigenvalue weighted by atomic mass is 9.96. The van der Waals surface area contributed by atoms with Crippen molar-refractivity contribution in [1.29, 1.82) is 0 Å². The number of benzene rings is 6. The van der Waals surface area contributed by atoms with Crippen LogP contribution in [0, 0.1) is 0 Å². The molecule has 0 unspecified atom stereocenters. The van der Waals surface area contributed by atoms with Gasteiger partial charge in [0.05, 0.1) is 50.2 Å². The number of hydrogen-bond acceptors (Lipinski definition) is 4. The van der Waals surface area contributed by atoms with Crippen molar-refractivity contribution in [3.05, 3.63) is 231 Å². The van der Waals surface area contributed by atoms with Crippen LogP contribution in [0.4, 0.5) is 0 Å². The molecule has 0 atom stereocenters. The van der Waals surface area contributed by atoms with Crippen LogP contribution < -0.4 is 0 Å². The van der Waals surface area contributed by atoms with Crippen LogP contribution >= 0.6 is 0 Å². The maximum absolute atomic E-state index is 4.99. The first-order chi connectivity index (χ1) is 33.2. The zero-order valence-electron chi connectivity index (χ0n) is 37.0. The average Bonchev–Trinajstić information content (AvgIpc) is 4.06. The molecule has 0 spiro atoms. The molecule has 0 saturated heterocycles. The Morgan fingerprint density at radius 2 is 0.970 bits per heavy atom. The molecule has 0 N–H and O–H groups in total. The highest BCUT2D eigenvalue weighted by Crippen LogP contribution is 2.45. The number of rotatable bonds is 7. The molecule has 0 bridgehead atoms. The highest BCUT2D eigenvalue weighted by molar-refractivity contribution is 6.10. The minimum Gasteiger partial charge on any atom is -0.308 e. The Morgan fingerprint density at radius 3 is 1.54 bits per heavy atom. The predicted octanol–water partition coefficient (Wildman–Crippen LogP) is 15.3. The first kappa shape index (κ1) is 39.8. The van der Waals surface area contributed by atoms with Gasteiger partial charge in [-0.25, -0.2) is 0 Å². The predicted molar refractivity (Wildman–Crippen MR) is 277 cm³/mol. The van der Waals surface area contributed by atoms with Gasteiger partial charge in [0.25, 0.3) is 0 Å². The van der Waals surface area contributed by atoms with Crippen molar-refractivity contribution >= 4 is 43.9 Å². The van der Waals surface area contributed by atoms with Gasteiger partial charge in [-0.1, -0.05) is 104 Å². The van der Waals surface area contributed by atoms with E-state index in [4.69, 9.17) is 15.0 Å². The Kier molecular flexibility index (Phi) is 9.91. The zero-order valence-corrected chi connectivity index (χ0v) is 37.0. The topological polar surface area (TPSA) is 61.4 Å². The minimum atomic E-state index is 0.839. The molecule has 12 aromatic rings. The highest BCUT2D eigenvalue weighted by Gasteiger charge is 2.26. The van der Waals surface area contributed by atoms with Crippen LogP contribution in [-0.4, -0.2) is 29.1 Å². The molecule has 0 radical (unpaired) electrons.